The van der Waals surface area contributed by atoms with Crippen LogP contribution in [-0.2, 0) is 22.8 Å². The summed E-state index contributed by atoms with van der Waals surface area (Å²) in [5.74, 6) is 0. The summed E-state index contributed by atoms with van der Waals surface area (Å²) in [5.41, 5.74) is 3.92. The molecular weight excluding hydrogens is 348 g/mol. The smallest absolute Gasteiger partial charge is 0.168 e. The predicted molar refractivity (Wildman–Crippen MR) is 107 cm³/mol. The molecule has 0 saturated carbocycles. The van der Waals surface area contributed by atoms with Crippen LogP contribution in [0.4, 0.5) is 5.69 Å². The molecule has 2 aromatic rings. The molecule has 0 bridgehead atoms. The topological polar surface area (TPSA) is 78.4 Å². The summed E-state index contributed by atoms with van der Waals surface area (Å²) in [5, 5.41) is 17.9. The average molecular weight is 375 g/mol. The highest BCUT2D eigenvalue weighted by Crippen LogP contribution is 2.24. The van der Waals surface area contributed by atoms with Crippen LogP contribution in [0.2, 0.25) is 0 Å². The van der Waals surface area contributed by atoms with Crippen LogP contribution in [0, 0.1) is 0 Å². The van der Waals surface area contributed by atoms with Crippen LogP contribution in [0.3, 0.4) is 0 Å². The van der Waals surface area contributed by atoms with Crippen molar-refractivity contribution in [1.29, 1.82) is 0 Å². The largest absolute Gasteiger partial charge is 0.381 e. The summed E-state index contributed by atoms with van der Waals surface area (Å²) in [6.45, 7) is 2.99. The highest BCUT2D eigenvalue weighted by molar-refractivity contribution is 7.93. The number of hydrogen-bond donors (Lipinski definition) is 3. The van der Waals surface area contributed by atoms with E-state index in [4.69, 9.17) is 0 Å². The zero-order valence-electron chi connectivity index (χ0n) is 15.1. The van der Waals surface area contributed by atoms with E-state index in [2.05, 4.69) is 17.6 Å². The number of aryl methyl sites for hydroxylation is 1. The third-order valence-electron chi connectivity index (χ3n) is 3.92. The molecule has 5 nitrogen and oxygen atoms in total. The lowest BCUT2D eigenvalue weighted by Crippen LogP contribution is -2.22. The molecule has 0 aliphatic rings. The quantitative estimate of drug-likeness (QED) is 0.588. The minimum Gasteiger partial charge on any atom is -0.381 e. The standard InChI is InChI=1S/C20H26N2O3S/c1-3-16-10-11-18(20(23)21-12-7-13-26(2,24)25)19(14-16)22-15-17-8-5-4-6-9-17/h4-11,13-14,20-23H,3,12,15H2,1-2H3/b13-7+. The Kier molecular flexibility index (Phi) is 7.38. The molecule has 0 amide bonds. The van der Waals surface area contributed by atoms with Crippen molar-refractivity contribution in [3.05, 3.63) is 76.7 Å². The minimum absolute atomic E-state index is 0.252. The highest BCUT2D eigenvalue weighted by Gasteiger charge is 2.12. The van der Waals surface area contributed by atoms with Crippen LogP contribution in [-0.4, -0.2) is 26.3 Å². The predicted octanol–water partition coefficient (Wildman–Crippen LogP) is 3.00. The second kappa shape index (κ2) is 9.52. The number of sulfone groups is 1. The van der Waals surface area contributed by atoms with E-state index in [1.807, 2.05) is 48.5 Å². The van der Waals surface area contributed by atoms with Gasteiger partial charge in [-0.15, -0.1) is 0 Å². The van der Waals surface area contributed by atoms with Gasteiger partial charge < -0.3 is 10.4 Å². The van der Waals surface area contributed by atoms with Gasteiger partial charge in [0.05, 0.1) is 0 Å². The van der Waals surface area contributed by atoms with Gasteiger partial charge in [0.1, 0.15) is 6.23 Å². The Balaban J connectivity index is 2.09. The molecule has 2 rings (SSSR count). The fraction of sp³-hybridized carbons (Fsp3) is 0.300. The van der Waals surface area contributed by atoms with Crippen LogP contribution in [0.5, 0.6) is 0 Å². The molecular formula is C20H26N2O3S. The maximum atomic E-state index is 11.1. The second-order valence-corrected chi connectivity index (χ2v) is 8.06. The van der Waals surface area contributed by atoms with Crippen molar-refractivity contribution in [3.8, 4) is 0 Å². The van der Waals surface area contributed by atoms with Gasteiger partial charge in [-0.1, -0.05) is 55.5 Å². The van der Waals surface area contributed by atoms with Crippen molar-refractivity contribution < 1.29 is 13.5 Å². The van der Waals surface area contributed by atoms with Crippen LogP contribution >= 0.6 is 0 Å². The third-order valence-corrected chi connectivity index (χ3v) is 4.61. The van der Waals surface area contributed by atoms with Crippen molar-refractivity contribution in [2.45, 2.75) is 26.1 Å². The molecule has 0 spiro atoms. The molecule has 140 valence electrons. The lowest BCUT2D eigenvalue weighted by Gasteiger charge is -2.18. The summed E-state index contributed by atoms with van der Waals surface area (Å²) >= 11 is 0. The minimum atomic E-state index is -3.16. The first-order valence-corrected chi connectivity index (χ1v) is 10.5. The molecule has 1 atom stereocenters. The summed E-state index contributed by atoms with van der Waals surface area (Å²) < 4.78 is 22.2. The first kappa shape index (κ1) is 20.2. The van der Waals surface area contributed by atoms with E-state index in [0.29, 0.717) is 6.54 Å². The molecule has 0 saturated heterocycles. The molecule has 0 aliphatic carbocycles. The van der Waals surface area contributed by atoms with Gasteiger partial charge >= 0.3 is 0 Å². The molecule has 1 unspecified atom stereocenters. The van der Waals surface area contributed by atoms with Crippen LogP contribution < -0.4 is 10.6 Å². The number of nitrogens with one attached hydrogen (secondary N) is 2. The number of aliphatic hydroxyl groups is 1. The zero-order valence-corrected chi connectivity index (χ0v) is 16.0. The van der Waals surface area contributed by atoms with Gasteiger partial charge in [0.15, 0.2) is 9.84 Å². The Bertz CT molecular complexity index is 833. The number of anilines is 1. The normalized spacial score (nSPS) is 13.0. The maximum Gasteiger partial charge on any atom is 0.168 e. The molecule has 26 heavy (non-hydrogen) atoms. The Hall–Kier alpha value is -2.15. The molecule has 0 aromatic heterocycles. The monoisotopic (exact) mass is 374 g/mol. The van der Waals surface area contributed by atoms with Gasteiger partial charge in [-0.05, 0) is 23.6 Å². The van der Waals surface area contributed by atoms with E-state index in [1.54, 1.807) is 0 Å². The first-order chi connectivity index (χ1) is 12.4. The first-order valence-electron chi connectivity index (χ1n) is 8.57. The Morgan fingerprint density at radius 3 is 2.50 bits per heavy atom. The van der Waals surface area contributed by atoms with Gasteiger partial charge in [0, 0.05) is 36.0 Å². The van der Waals surface area contributed by atoms with Gasteiger partial charge in [-0.25, -0.2) is 8.42 Å². The van der Waals surface area contributed by atoms with Gasteiger partial charge in [0.2, 0.25) is 0 Å². The van der Waals surface area contributed by atoms with Crippen molar-refractivity contribution in [2.75, 3.05) is 18.1 Å². The summed E-state index contributed by atoms with van der Waals surface area (Å²) in [7, 11) is -3.16. The summed E-state index contributed by atoms with van der Waals surface area (Å²) in [6, 6.07) is 16.0. The molecule has 3 N–H and O–H groups in total. The van der Waals surface area contributed by atoms with E-state index in [1.165, 1.54) is 11.6 Å². The van der Waals surface area contributed by atoms with Crippen LogP contribution in [0.1, 0.15) is 29.8 Å². The fourth-order valence-electron chi connectivity index (χ4n) is 2.52. The van der Waals surface area contributed by atoms with E-state index < -0.39 is 16.1 Å². The Morgan fingerprint density at radius 1 is 1.12 bits per heavy atom. The highest BCUT2D eigenvalue weighted by atomic mass is 32.2. The van der Waals surface area contributed by atoms with E-state index in [0.717, 1.165) is 34.9 Å². The zero-order chi connectivity index (χ0) is 19.0. The lowest BCUT2D eigenvalue weighted by molar-refractivity contribution is 0.144. The van der Waals surface area contributed by atoms with Gasteiger partial charge in [-0.2, -0.15) is 0 Å². The number of hydrogen-bond acceptors (Lipinski definition) is 5. The summed E-state index contributed by atoms with van der Waals surface area (Å²) in [4.78, 5) is 0. The van der Waals surface area contributed by atoms with Crippen molar-refractivity contribution in [1.82, 2.24) is 5.32 Å². The Labute approximate surface area is 155 Å². The molecule has 0 fully saturated rings. The van der Waals surface area contributed by atoms with Crippen LogP contribution in [0.25, 0.3) is 0 Å². The fourth-order valence-corrected chi connectivity index (χ4v) is 2.97. The number of aliphatic hydroxyl groups excluding tert-OH is 1. The van der Waals surface area contributed by atoms with Crippen LogP contribution in [0.15, 0.2) is 60.0 Å². The maximum absolute atomic E-state index is 11.1. The molecule has 0 heterocycles. The lowest BCUT2D eigenvalue weighted by atomic mass is 10.1. The van der Waals surface area contributed by atoms with Crippen molar-refractivity contribution in [3.63, 3.8) is 0 Å². The third kappa shape index (κ3) is 6.63. The Morgan fingerprint density at radius 2 is 1.85 bits per heavy atom. The van der Waals surface area contributed by atoms with Gasteiger partial charge in [-0.3, -0.25) is 5.32 Å². The van der Waals surface area contributed by atoms with E-state index >= 15 is 0 Å². The van der Waals surface area contributed by atoms with E-state index in [9.17, 15) is 13.5 Å². The molecule has 0 aliphatic heterocycles. The molecule has 2 aromatic carbocycles. The van der Waals surface area contributed by atoms with Crippen molar-refractivity contribution in [2.24, 2.45) is 0 Å². The van der Waals surface area contributed by atoms with Gasteiger partial charge in [0.25, 0.3) is 0 Å². The van der Waals surface area contributed by atoms with E-state index in [-0.39, 0.29) is 6.54 Å². The molecule has 0 radical (unpaired) electrons. The average Bonchev–Trinajstić information content (AvgIpc) is 2.63. The number of rotatable bonds is 9. The number of benzene rings is 2. The second-order valence-electron chi connectivity index (χ2n) is 6.13. The SMILES string of the molecule is CCc1ccc(C(O)NC/C=C/S(C)(=O)=O)c(NCc2ccccc2)c1. The van der Waals surface area contributed by atoms with Crippen molar-refractivity contribution >= 4 is 15.5 Å². The molecule has 6 heteroatoms. The summed E-state index contributed by atoms with van der Waals surface area (Å²) in [6.07, 6.45) is 2.62.